The van der Waals surface area contributed by atoms with Gasteiger partial charge in [0.05, 0.1) is 5.56 Å². The lowest BCUT2D eigenvalue weighted by atomic mass is 9.95. The van der Waals surface area contributed by atoms with Gasteiger partial charge in [0.15, 0.2) is 0 Å². The molecule has 0 aliphatic carbocycles. The summed E-state index contributed by atoms with van der Waals surface area (Å²) < 4.78 is 4.41. The third kappa shape index (κ3) is 4.49. The number of halogens is 2. The Hall–Kier alpha value is -3.28. The number of nitrogens with zero attached hydrogens (tertiary/aromatic N) is 1. The van der Waals surface area contributed by atoms with Crippen molar-refractivity contribution in [3.05, 3.63) is 100 Å². The average molecular weight is 467 g/mol. The van der Waals surface area contributed by atoms with Gasteiger partial charge in [0, 0.05) is 23.6 Å². The van der Waals surface area contributed by atoms with Gasteiger partial charge in [-0.15, -0.1) is 0 Å². The van der Waals surface area contributed by atoms with Crippen LogP contribution in [-0.2, 0) is 15.5 Å². The Balaban J connectivity index is 1.72. The third-order valence-corrected chi connectivity index (χ3v) is 5.98. The molecule has 5 nitrogen and oxygen atoms in total. The van der Waals surface area contributed by atoms with Crippen molar-refractivity contribution < 1.29 is 13.9 Å². The molecule has 1 N–H and O–H groups in total. The molecule has 1 aliphatic rings. The first-order valence-corrected chi connectivity index (χ1v) is 10.7. The molecule has 0 fully saturated rings. The normalized spacial score (nSPS) is 14.4. The number of anilines is 3. The van der Waals surface area contributed by atoms with Crippen molar-refractivity contribution in [1.82, 2.24) is 0 Å². The minimum atomic E-state index is -0.618. The molecule has 3 aromatic rings. The lowest BCUT2D eigenvalue weighted by Crippen LogP contribution is -2.29. The monoisotopic (exact) mass is 466 g/mol. The Morgan fingerprint density at radius 2 is 1.72 bits per heavy atom. The summed E-state index contributed by atoms with van der Waals surface area (Å²) in [4.78, 5) is 26.9. The first-order chi connectivity index (χ1) is 15.5. The van der Waals surface area contributed by atoms with Crippen LogP contribution in [0.5, 0.6) is 0 Å². The van der Waals surface area contributed by atoms with E-state index in [1.165, 1.54) is 0 Å². The van der Waals surface area contributed by atoms with Crippen LogP contribution in [0.25, 0.3) is 0 Å². The minimum Gasteiger partial charge on any atom is -0.343 e. The number of nitrogens with one attached hydrogen (secondary N) is 1. The van der Waals surface area contributed by atoms with Crippen molar-refractivity contribution in [2.75, 3.05) is 16.8 Å². The maximum Gasteiger partial charge on any atom is 0.356 e. The predicted molar refractivity (Wildman–Crippen MR) is 128 cm³/mol. The van der Waals surface area contributed by atoms with Gasteiger partial charge >= 0.3 is 5.97 Å². The van der Waals surface area contributed by atoms with E-state index >= 15 is 0 Å². The van der Waals surface area contributed by atoms with Crippen LogP contribution in [-0.4, -0.2) is 18.4 Å². The first-order valence-electron chi connectivity index (χ1n) is 10.0. The van der Waals surface area contributed by atoms with E-state index in [1.807, 2.05) is 66.4 Å². The molecule has 0 unspecified atom stereocenters. The number of carbonyl (C=O) groups excluding carboxylic acids is 2. The van der Waals surface area contributed by atoms with E-state index in [-0.39, 0.29) is 10.9 Å². The maximum absolute atomic E-state index is 12.8. The van der Waals surface area contributed by atoms with Crippen molar-refractivity contribution in [3.8, 4) is 0 Å². The number of carbonyl (C=O) groups is 2. The van der Waals surface area contributed by atoms with Crippen molar-refractivity contribution in [2.24, 2.45) is 0 Å². The molecule has 0 bridgehead atoms. The largest absolute Gasteiger partial charge is 0.356 e. The number of amides is 1. The molecule has 0 aromatic heterocycles. The molecule has 0 atom stereocenters. The van der Waals surface area contributed by atoms with Gasteiger partial charge in [-0.25, -0.2) is 4.79 Å². The van der Waals surface area contributed by atoms with Gasteiger partial charge in [0.1, 0.15) is 16.9 Å². The molecular formula is C25H20Cl2N2O3. The van der Waals surface area contributed by atoms with Crippen LogP contribution < -0.4 is 10.2 Å². The smallest absolute Gasteiger partial charge is 0.343 e. The van der Waals surface area contributed by atoms with E-state index in [0.717, 1.165) is 28.1 Å². The number of hydrogen-bond donors (Lipinski definition) is 1. The van der Waals surface area contributed by atoms with Gasteiger partial charge in [-0.05, 0) is 60.4 Å². The zero-order chi connectivity index (χ0) is 22.7. The highest BCUT2D eigenvalue weighted by Gasteiger charge is 2.26. The number of fused-ring (bicyclic) bond motifs is 1. The van der Waals surface area contributed by atoms with E-state index in [2.05, 4.69) is 9.61 Å². The average Bonchev–Trinajstić information content (AvgIpc) is 2.83. The van der Waals surface area contributed by atoms with Crippen LogP contribution in [0.15, 0.2) is 83.4 Å². The summed E-state index contributed by atoms with van der Waals surface area (Å²) in [5, 5.41) is 2.99. The lowest BCUT2D eigenvalue weighted by Gasteiger charge is -2.33. The number of hydrogen-bond acceptors (Lipinski definition) is 4. The van der Waals surface area contributed by atoms with Crippen LogP contribution in [0.4, 0.5) is 17.1 Å². The van der Waals surface area contributed by atoms with E-state index in [4.69, 9.17) is 23.5 Å². The van der Waals surface area contributed by atoms with E-state index in [0.29, 0.717) is 24.2 Å². The molecule has 0 saturated carbocycles. The van der Waals surface area contributed by atoms with E-state index < -0.39 is 5.97 Å². The van der Waals surface area contributed by atoms with Crippen molar-refractivity contribution in [2.45, 2.75) is 13.3 Å². The standard InChI is InChI=1S/C25H20Cl2N2O3/c1-16-11-12-20(14-21(16)25(31)32-27)29-15-18(13-17-7-5-6-10-22(17)29)23(26)24(30)28-19-8-3-2-4-9-19/h2-12,14H,13,15H2,1H3,(H,28,30). The number of aryl methyl sites for hydroxylation is 1. The molecule has 1 heterocycles. The third-order valence-electron chi connectivity index (χ3n) is 5.40. The molecule has 1 aliphatic heterocycles. The fraction of sp³-hybridized carbons (Fsp3) is 0.120. The Kier molecular flexibility index (Phi) is 6.49. The molecule has 0 spiro atoms. The maximum atomic E-state index is 12.8. The van der Waals surface area contributed by atoms with Crippen LogP contribution in [0.2, 0.25) is 0 Å². The fourth-order valence-corrected chi connectivity index (χ4v) is 4.03. The topological polar surface area (TPSA) is 58.6 Å². The molecular weight excluding hydrogens is 447 g/mol. The molecule has 32 heavy (non-hydrogen) atoms. The molecule has 1 amide bonds. The summed E-state index contributed by atoms with van der Waals surface area (Å²) in [5.41, 5.74) is 5.36. The highest BCUT2D eigenvalue weighted by atomic mass is 35.5. The second-order valence-electron chi connectivity index (χ2n) is 7.49. The number of benzene rings is 3. The summed E-state index contributed by atoms with van der Waals surface area (Å²) in [5.74, 6) is -0.977. The molecule has 0 saturated heterocycles. The van der Waals surface area contributed by atoms with E-state index in [9.17, 15) is 9.59 Å². The zero-order valence-electron chi connectivity index (χ0n) is 17.3. The summed E-state index contributed by atoms with van der Waals surface area (Å²) in [6.45, 7) is 2.21. The fourth-order valence-electron chi connectivity index (χ4n) is 3.77. The Bertz CT molecular complexity index is 1210. The van der Waals surface area contributed by atoms with Gasteiger partial charge in [0.2, 0.25) is 0 Å². The van der Waals surface area contributed by atoms with Crippen LogP contribution in [0.3, 0.4) is 0 Å². The second kappa shape index (κ2) is 9.47. The molecule has 7 heteroatoms. The summed E-state index contributed by atoms with van der Waals surface area (Å²) in [7, 11) is 0. The highest BCUT2D eigenvalue weighted by Crippen LogP contribution is 2.37. The van der Waals surface area contributed by atoms with Crippen molar-refractivity contribution in [1.29, 1.82) is 0 Å². The SMILES string of the molecule is Cc1ccc(N2CC(=C(Cl)C(=O)Nc3ccccc3)Cc3ccccc32)cc1C(=O)OCl. The van der Waals surface area contributed by atoms with Crippen molar-refractivity contribution >= 4 is 52.4 Å². The Morgan fingerprint density at radius 1 is 1.00 bits per heavy atom. The van der Waals surface area contributed by atoms with Gasteiger partial charge in [-0.1, -0.05) is 54.1 Å². The number of para-hydroxylation sites is 2. The molecule has 0 radical (unpaired) electrons. The molecule has 4 rings (SSSR count). The predicted octanol–water partition coefficient (Wildman–Crippen LogP) is 6.13. The molecule has 3 aromatic carbocycles. The second-order valence-corrected chi connectivity index (χ2v) is 8.03. The van der Waals surface area contributed by atoms with Crippen molar-refractivity contribution in [3.63, 3.8) is 0 Å². The first kappa shape index (κ1) is 21.9. The van der Waals surface area contributed by atoms with E-state index in [1.54, 1.807) is 18.2 Å². The quantitative estimate of drug-likeness (QED) is 0.469. The minimum absolute atomic E-state index is 0.154. The zero-order valence-corrected chi connectivity index (χ0v) is 18.8. The summed E-state index contributed by atoms with van der Waals surface area (Å²) in [6, 6.07) is 22.6. The van der Waals surface area contributed by atoms with Gasteiger partial charge in [-0.2, -0.15) is 0 Å². The Morgan fingerprint density at radius 3 is 2.47 bits per heavy atom. The Labute approximate surface area is 196 Å². The molecule has 162 valence electrons. The van der Waals surface area contributed by atoms with Crippen LogP contribution >= 0.6 is 23.5 Å². The summed E-state index contributed by atoms with van der Waals surface area (Å²) >= 11 is 11.9. The number of rotatable bonds is 4. The lowest BCUT2D eigenvalue weighted by molar-refractivity contribution is -0.112. The van der Waals surface area contributed by atoms with Crippen LogP contribution in [0, 0.1) is 6.92 Å². The van der Waals surface area contributed by atoms with Gasteiger partial charge in [0.25, 0.3) is 5.91 Å². The highest BCUT2D eigenvalue weighted by molar-refractivity contribution is 6.44. The van der Waals surface area contributed by atoms with Gasteiger partial charge < -0.3 is 14.5 Å². The van der Waals surface area contributed by atoms with Crippen LogP contribution in [0.1, 0.15) is 21.5 Å². The van der Waals surface area contributed by atoms with Gasteiger partial charge in [-0.3, -0.25) is 4.79 Å². The summed E-state index contributed by atoms with van der Waals surface area (Å²) in [6.07, 6.45) is 0.552.